The van der Waals surface area contributed by atoms with E-state index in [0.717, 1.165) is 19.4 Å². The Morgan fingerprint density at radius 1 is 1.09 bits per heavy atom. The van der Waals surface area contributed by atoms with E-state index in [1.807, 2.05) is 0 Å². The van der Waals surface area contributed by atoms with Gasteiger partial charge in [-0.1, -0.05) is 40.7 Å². The number of aliphatic hydroxyl groups is 1. The molecule has 0 amide bonds. The average molecular weight is 306 g/mol. The highest BCUT2D eigenvalue weighted by Gasteiger charge is 2.63. The summed E-state index contributed by atoms with van der Waals surface area (Å²) in [6.07, 6.45) is 7.84. The van der Waals surface area contributed by atoms with Gasteiger partial charge < -0.3 is 9.84 Å². The lowest BCUT2D eigenvalue weighted by molar-refractivity contribution is -0.249. The summed E-state index contributed by atoms with van der Waals surface area (Å²) in [5.41, 5.74) is 0.540. The van der Waals surface area contributed by atoms with Gasteiger partial charge in [-0.3, -0.25) is 0 Å². The maximum absolute atomic E-state index is 10.5. The zero-order valence-electron chi connectivity index (χ0n) is 15.1. The van der Waals surface area contributed by atoms with Gasteiger partial charge in [0.2, 0.25) is 0 Å². The van der Waals surface area contributed by atoms with Gasteiger partial charge in [0.05, 0.1) is 18.8 Å². The zero-order valence-corrected chi connectivity index (χ0v) is 15.1. The van der Waals surface area contributed by atoms with Crippen molar-refractivity contribution in [1.29, 1.82) is 0 Å². The van der Waals surface area contributed by atoms with Gasteiger partial charge >= 0.3 is 0 Å². The Hall–Kier alpha value is -0.340. The third-order valence-electron chi connectivity index (χ3n) is 7.63. The van der Waals surface area contributed by atoms with E-state index >= 15 is 0 Å². The Morgan fingerprint density at radius 2 is 1.77 bits per heavy atom. The molecule has 6 atom stereocenters. The van der Waals surface area contributed by atoms with E-state index in [1.54, 1.807) is 0 Å². The van der Waals surface area contributed by atoms with Crippen molar-refractivity contribution in [3.8, 4) is 0 Å². The minimum atomic E-state index is -0.169. The first-order chi connectivity index (χ1) is 10.1. The predicted molar refractivity (Wildman–Crippen MR) is 90.6 cm³/mol. The van der Waals surface area contributed by atoms with Gasteiger partial charge in [0.15, 0.2) is 0 Å². The standard InChI is InChI=1S/C20H34O2/c1-7-18(4)12-19(5)10-8-14-17(2,3)15(21)9-11-20(14,6)16(19)22-13-18/h7,14-16,21H,1,8-13H2,2-6H3. The van der Waals surface area contributed by atoms with Crippen LogP contribution >= 0.6 is 0 Å². The van der Waals surface area contributed by atoms with E-state index in [-0.39, 0.29) is 27.8 Å². The van der Waals surface area contributed by atoms with E-state index < -0.39 is 0 Å². The lowest BCUT2D eigenvalue weighted by atomic mass is 9.44. The van der Waals surface area contributed by atoms with Crippen LogP contribution in [-0.4, -0.2) is 23.9 Å². The second kappa shape index (κ2) is 4.83. The Kier molecular flexibility index (Phi) is 3.63. The summed E-state index contributed by atoms with van der Waals surface area (Å²) in [4.78, 5) is 0. The Balaban J connectivity index is 1.95. The number of rotatable bonds is 1. The molecule has 0 aromatic rings. The topological polar surface area (TPSA) is 29.5 Å². The van der Waals surface area contributed by atoms with Gasteiger partial charge in [0, 0.05) is 5.41 Å². The van der Waals surface area contributed by atoms with E-state index in [0.29, 0.717) is 12.0 Å². The van der Waals surface area contributed by atoms with Crippen molar-refractivity contribution in [3.63, 3.8) is 0 Å². The van der Waals surface area contributed by atoms with Crippen LogP contribution in [0.4, 0.5) is 0 Å². The highest BCUT2D eigenvalue weighted by atomic mass is 16.5. The molecule has 0 bridgehead atoms. The SMILES string of the molecule is C=CC1(C)COC2C(C)(CCC3C(C)(C)C(O)CCC23C)C1. The van der Waals surface area contributed by atoms with Crippen molar-refractivity contribution >= 4 is 0 Å². The average Bonchev–Trinajstić information content (AvgIpc) is 2.42. The summed E-state index contributed by atoms with van der Waals surface area (Å²) in [6, 6.07) is 0. The molecular weight excluding hydrogens is 272 g/mol. The van der Waals surface area contributed by atoms with Crippen molar-refractivity contribution in [2.24, 2.45) is 27.6 Å². The highest BCUT2D eigenvalue weighted by molar-refractivity contribution is 5.13. The third-order valence-corrected chi connectivity index (χ3v) is 7.63. The summed E-state index contributed by atoms with van der Waals surface area (Å²) < 4.78 is 6.54. The van der Waals surface area contributed by atoms with Gasteiger partial charge in [-0.2, -0.15) is 0 Å². The first-order valence-corrected chi connectivity index (χ1v) is 9.01. The summed E-state index contributed by atoms with van der Waals surface area (Å²) in [5, 5.41) is 10.5. The van der Waals surface area contributed by atoms with Crippen LogP contribution in [0.25, 0.3) is 0 Å². The van der Waals surface area contributed by atoms with E-state index in [4.69, 9.17) is 4.74 Å². The van der Waals surface area contributed by atoms with Crippen molar-refractivity contribution in [2.45, 2.75) is 78.9 Å². The number of hydrogen-bond donors (Lipinski definition) is 1. The van der Waals surface area contributed by atoms with Crippen LogP contribution in [0.15, 0.2) is 12.7 Å². The van der Waals surface area contributed by atoms with Crippen LogP contribution in [0.3, 0.4) is 0 Å². The molecule has 3 aliphatic rings. The van der Waals surface area contributed by atoms with E-state index in [2.05, 4.69) is 47.3 Å². The van der Waals surface area contributed by atoms with Crippen molar-refractivity contribution < 1.29 is 9.84 Å². The van der Waals surface area contributed by atoms with Gasteiger partial charge in [-0.05, 0) is 54.3 Å². The fourth-order valence-corrected chi connectivity index (χ4v) is 6.44. The summed E-state index contributed by atoms with van der Waals surface area (Å²) in [6.45, 7) is 16.5. The minimum absolute atomic E-state index is 0.00310. The lowest BCUT2D eigenvalue weighted by Gasteiger charge is -2.65. The Bertz CT molecular complexity index is 470. The molecule has 1 heterocycles. The largest absolute Gasteiger partial charge is 0.393 e. The molecule has 1 saturated heterocycles. The van der Waals surface area contributed by atoms with Crippen molar-refractivity contribution in [1.82, 2.24) is 0 Å². The van der Waals surface area contributed by atoms with E-state index in [1.165, 1.54) is 19.3 Å². The molecule has 0 aromatic heterocycles. The van der Waals surface area contributed by atoms with E-state index in [9.17, 15) is 5.11 Å². The lowest BCUT2D eigenvalue weighted by Crippen LogP contribution is -2.64. The first-order valence-electron chi connectivity index (χ1n) is 9.01. The molecule has 1 N–H and O–H groups in total. The molecule has 22 heavy (non-hydrogen) atoms. The predicted octanol–water partition coefficient (Wildman–Crippen LogP) is 4.57. The molecule has 2 saturated carbocycles. The summed E-state index contributed by atoms with van der Waals surface area (Å²) in [7, 11) is 0. The quantitative estimate of drug-likeness (QED) is 0.719. The first kappa shape index (κ1) is 16.5. The fourth-order valence-electron chi connectivity index (χ4n) is 6.44. The van der Waals surface area contributed by atoms with Crippen LogP contribution in [0.1, 0.15) is 66.7 Å². The monoisotopic (exact) mass is 306 g/mol. The molecule has 0 spiro atoms. The number of ether oxygens (including phenoxy) is 1. The van der Waals surface area contributed by atoms with Crippen LogP contribution < -0.4 is 0 Å². The van der Waals surface area contributed by atoms with Gasteiger partial charge in [-0.25, -0.2) is 0 Å². The third kappa shape index (κ3) is 2.13. The Morgan fingerprint density at radius 3 is 2.41 bits per heavy atom. The Labute approximate surface area is 136 Å². The molecule has 2 nitrogen and oxygen atoms in total. The molecular formula is C20H34O2. The summed E-state index contributed by atoms with van der Waals surface area (Å²) in [5.74, 6) is 0.551. The fraction of sp³-hybridized carbons (Fsp3) is 0.900. The van der Waals surface area contributed by atoms with Crippen LogP contribution in [-0.2, 0) is 4.74 Å². The smallest absolute Gasteiger partial charge is 0.0685 e. The number of fused-ring (bicyclic) bond motifs is 3. The van der Waals surface area contributed by atoms with Gasteiger partial charge in [0.1, 0.15) is 0 Å². The highest BCUT2D eigenvalue weighted by Crippen LogP contribution is 2.65. The van der Waals surface area contributed by atoms with Crippen LogP contribution in [0, 0.1) is 27.6 Å². The molecule has 2 aliphatic carbocycles. The second-order valence-electron chi connectivity index (χ2n) is 9.85. The maximum atomic E-state index is 10.5. The molecule has 0 radical (unpaired) electrons. The normalized spacial score (nSPS) is 54.2. The summed E-state index contributed by atoms with van der Waals surface area (Å²) >= 11 is 0. The maximum Gasteiger partial charge on any atom is 0.0685 e. The molecule has 126 valence electrons. The van der Waals surface area contributed by atoms with Crippen molar-refractivity contribution in [2.75, 3.05) is 6.61 Å². The minimum Gasteiger partial charge on any atom is -0.393 e. The number of aliphatic hydroxyl groups excluding tert-OH is 1. The molecule has 6 unspecified atom stereocenters. The molecule has 1 aliphatic heterocycles. The zero-order chi connectivity index (χ0) is 16.4. The van der Waals surface area contributed by atoms with Crippen molar-refractivity contribution in [3.05, 3.63) is 12.7 Å². The number of hydrogen-bond acceptors (Lipinski definition) is 2. The van der Waals surface area contributed by atoms with Crippen LogP contribution in [0.2, 0.25) is 0 Å². The molecule has 0 aromatic carbocycles. The van der Waals surface area contributed by atoms with Gasteiger partial charge in [0.25, 0.3) is 0 Å². The molecule has 2 heteroatoms. The molecule has 3 rings (SSSR count). The second-order valence-corrected chi connectivity index (χ2v) is 9.85. The van der Waals surface area contributed by atoms with Gasteiger partial charge in [-0.15, -0.1) is 6.58 Å². The van der Waals surface area contributed by atoms with Crippen LogP contribution in [0.5, 0.6) is 0 Å². The molecule has 3 fully saturated rings.